The summed E-state index contributed by atoms with van der Waals surface area (Å²) in [6.45, 7) is 1.33. The van der Waals surface area contributed by atoms with Crippen molar-refractivity contribution < 1.29 is 14.5 Å². The van der Waals surface area contributed by atoms with E-state index in [0.717, 1.165) is 43.6 Å². The van der Waals surface area contributed by atoms with Crippen LogP contribution in [0.1, 0.15) is 19.3 Å². The molecular weight excluding hydrogens is 241 g/mol. The Labute approximate surface area is 113 Å². The molecule has 100 valence electrons. The molecule has 1 aliphatic heterocycles. The molecule has 1 aromatic heterocycles. The van der Waals surface area contributed by atoms with Crippen LogP contribution in [-0.4, -0.2) is 23.9 Å². The number of hydrogen-bond acceptors (Lipinski definition) is 3. The van der Waals surface area contributed by atoms with Crippen LogP contribution in [-0.2, 0) is 6.54 Å². The largest absolute Gasteiger partial charge is 0.454 e. The second-order valence-electron chi connectivity index (χ2n) is 4.91. The Morgan fingerprint density at radius 1 is 1.16 bits per heavy atom. The van der Waals surface area contributed by atoms with Crippen molar-refractivity contribution in [3.63, 3.8) is 0 Å². The first kappa shape index (κ1) is 12.4. The van der Waals surface area contributed by atoms with E-state index in [2.05, 4.69) is 22.9 Å². The average Bonchev–Trinajstić information content (AvgIpc) is 3.02. The third kappa shape index (κ3) is 2.56. The van der Waals surface area contributed by atoms with E-state index in [-0.39, 0.29) is 0 Å². The zero-order chi connectivity index (χ0) is 13.1. The molecule has 1 N–H and O–H groups in total. The maximum absolute atomic E-state index is 8.75. The molecule has 0 bridgehead atoms. The van der Waals surface area contributed by atoms with Crippen LogP contribution in [0.5, 0.6) is 11.5 Å². The lowest BCUT2D eigenvalue weighted by Gasteiger charge is -2.06. The molecule has 0 spiro atoms. The molecule has 19 heavy (non-hydrogen) atoms. The lowest BCUT2D eigenvalue weighted by Crippen LogP contribution is -1.96. The van der Waals surface area contributed by atoms with Crippen molar-refractivity contribution in [2.24, 2.45) is 0 Å². The van der Waals surface area contributed by atoms with Crippen molar-refractivity contribution in [3.05, 3.63) is 24.4 Å². The summed E-state index contributed by atoms with van der Waals surface area (Å²) in [4.78, 5) is 0. The smallest absolute Gasteiger partial charge is 0.270 e. The summed E-state index contributed by atoms with van der Waals surface area (Å²) < 4.78 is 13.1. The Bertz CT molecular complexity index is 567. The van der Waals surface area contributed by atoms with Crippen LogP contribution in [0, 0.1) is 0 Å². The van der Waals surface area contributed by atoms with E-state index >= 15 is 0 Å². The minimum Gasteiger partial charge on any atom is -0.454 e. The van der Waals surface area contributed by atoms with E-state index in [1.807, 2.05) is 6.07 Å². The second-order valence-corrected chi connectivity index (χ2v) is 4.91. The Morgan fingerprint density at radius 3 is 2.84 bits per heavy atom. The zero-order valence-corrected chi connectivity index (χ0v) is 11.0. The molecule has 1 aliphatic rings. The highest BCUT2D eigenvalue weighted by Crippen LogP contribution is 2.36. The topological polar surface area (TPSA) is 43.6 Å². The number of ether oxygens (including phenoxy) is 2. The summed E-state index contributed by atoms with van der Waals surface area (Å²) in [6.07, 6.45) is 6.42. The van der Waals surface area contributed by atoms with Gasteiger partial charge in [-0.15, -0.1) is 0 Å². The van der Waals surface area contributed by atoms with Gasteiger partial charge in [-0.2, -0.15) is 0 Å². The van der Waals surface area contributed by atoms with Gasteiger partial charge < -0.3 is 19.1 Å². The van der Waals surface area contributed by atoms with Gasteiger partial charge in [-0.1, -0.05) is 19.2 Å². The fourth-order valence-electron chi connectivity index (χ4n) is 2.52. The number of nitrogens with zero attached hydrogens (tertiary/aromatic N) is 1. The lowest BCUT2D eigenvalue weighted by molar-refractivity contribution is 0.174. The van der Waals surface area contributed by atoms with Gasteiger partial charge in [0, 0.05) is 24.2 Å². The number of rotatable bonds is 6. The Kier molecular flexibility index (Phi) is 3.64. The van der Waals surface area contributed by atoms with Gasteiger partial charge in [0.2, 0.25) is 6.79 Å². The van der Waals surface area contributed by atoms with Crippen molar-refractivity contribution in [3.8, 4) is 11.5 Å². The van der Waals surface area contributed by atoms with Gasteiger partial charge in [-0.3, -0.25) is 0 Å². The van der Waals surface area contributed by atoms with E-state index in [0.29, 0.717) is 14.3 Å². The molecule has 0 unspecified atom stereocenters. The molecular formula is C14H18BNO3. The number of benzene rings is 1. The minimum absolute atomic E-state index is 0.302. The molecule has 2 aromatic rings. The first-order valence-corrected chi connectivity index (χ1v) is 6.88. The lowest BCUT2D eigenvalue weighted by atomic mass is 9.92. The second kappa shape index (κ2) is 5.57. The fourth-order valence-corrected chi connectivity index (χ4v) is 2.52. The highest BCUT2D eigenvalue weighted by atomic mass is 16.7. The molecule has 0 amide bonds. The summed E-state index contributed by atoms with van der Waals surface area (Å²) in [5, 5.41) is 9.94. The normalized spacial score (nSPS) is 13.1. The molecule has 4 nitrogen and oxygen atoms in total. The minimum atomic E-state index is 0.302. The summed E-state index contributed by atoms with van der Waals surface area (Å²) in [7, 11) is 0.302. The highest BCUT2D eigenvalue weighted by molar-refractivity contribution is 6.25. The predicted octanol–water partition coefficient (Wildman–Crippen LogP) is 2.30. The van der Waals surface area contributed by atoms with Crippen LogP contribution in [0.25, 0.3) is 10.9 Å². The van der Waals surface area contributed by atoms with Gasteiger partial charge in [0.1, 0.15) is 0 Å². The molecule has 0 atom stereocenters. The molecule has 0 saturated carbocycles. The average molecular weight is 259 g/mol. The number of fused-ring (bicyclic) bond motifs is 2. The van der Waals surface area contributed by atoms with Crippen LogP contribution in [0.15, 0.2) is 24.4 Å². The van der Waals surface area contributed by atoms with E-state index in [4.69, 9.17) is 14.5 Å². The maximum Gasteiger partial charge on any atom is 0.270 e. The molecule has 0 aliphatic carbocycles. The van der Waals surface area contributed by atoms with Gasteiger partial charge in [-0.25, -0.2) is 0 Å². The number of aryl methyl sites for hydroxylation is 1. The van der Waals surface area contributed by atoms with Crippen molar-refractivity contribution in [2.75, 3.05) is 6.79 Å². The van der Waals surface area contributed by atoms with Gasteiger partial charge in [0.05, 0.1) is 5.52 Å². The van der Waals surface area contributed by atoms with Crippen molar-refractivity contribution in [1.82, 2.24) is 4.57 Å². The monoisotopic (exact) mass is 259 g/mol. The quantitative estimate of drug-likeness (QED) is 0.639. The number of unbranched alkanes of at least 4 members (excludes halogenated alkanes) is 2. The molecule has 3 rings (SSSR count). The first-order chi connectivity index (χ1) is 9.38. The van der Waals surface area contributed by atoms with Crippen LogP contribution in [0.3, 0.4) is 0 Å². The fraction of sp³-hybridized carbons (Fsp3) is 0.429. The maximum atomic E-state index is 8.75. The summed E-state index contributed by atoms with van der Waals surface area (Å²) in [6, 6.07) is 6.22. The van der Waals surface area contributed by atoms with E-state index in [1.165, 1.54) is 10.9 Å². The van der Waals surface area contributed by atoms with Gasteiger partial charge in [0.15, 0.2) is 11.5 Å². The Balaban J connectivity index is 1.70. The van der Waals surface area contributed by atoms with Crippen molar-refractivity contribution in [2.45, 2.75) is 32.1 Å². The molecule has 0 radical (unpaired) electrons. The predicted molar refractivity (Wildman–Crippen MR) is 76.1 cm³/mol. The molecule has 0 saturated heterocycles. The molecule has 0 fully saturated rings. The number of aromatic nitrogens is 1. The van der Waals surface area contributed by atoms with Crippen LogP contribution >= 0.6 is 0 Å². The molecule has 5 heteroatoms. The molecule has 1 aromatic carbocycles. The first-order valence-electron chi connectivity index (χ1n) is 6.88. The van der Waals surface area contributed by atoms with E-state index in [9.17, 15) is 0 Å². The third-order valence-electron chi connectivity index (χ3n) is 3.57. The van der Waals surface area contributed by atoms with Crippen LogP contribution < -0.4 is 9.47 Å². The Morgan fingerprint density at radius 2 is 2.00 bits per heavy atom. The standard InChI is InChI=1S/C14H18BNO3/c17-15-5-2-1-3-6-16-7-4-11-8-13-14(9-12(11)16)19-10-18-13/h4,7-9,15,17H,1-3,5-6,10H2. The summed E-state index contributed by atoms with van der Waals surface area (Å²) in [5.74, 6) is 1.68. The van der Waals surface area contributed by atoms with E-state index in [1.54, 1.807) is 0 Å². The SMILES string of the molecule is OBCCCCCn1ccc2cc3c(cc21)OCO3. The van der Waals surface area contributed by atoms with Crippen LogP contribution in [0.2, 0.25) is 6.32 Å². The third-order valence-corrected chi connectivity index (χ3v) is 3.57. The van der Waals surface area contributed by atoms with Crippen molar-refractivity contribution in [1.29, 1.82) is 0 Å². The zero-order valence-electron chi connectivity index (χ0n) is 11.0. The van der Waals surface area contributed by atoms with Crippen molar-refractivity contribution >= 4 is 18.4 Å². The van der Waals surface area contributed by atoms with Gasteiger partial charge in [-0.05, 0) is 18.6 Å². The number of hydrogen-bond donors (Lipinski definition) is 1. The van der Waals surface area contributed by atoms with Gasteiger partial charge in [0.25, 0.3) is 7.48 Å². The van der Waals surface area contributed by atoms with Crippen LogP contribution in [0.4, 0.5) is 0 Å². The summed E-state index contributed by atoms with van der Waals surface area (Å²) in [5.41, 5.74) is 1.20. The summed E-state index contributed by atoms with van der Waals surface area (Å²) >= 11 is 0. The van der Waals surface area contributed by atoms with E-state index < -0.39 is 0 Å². The highest BCUT2D eigenvalue weighted by Gasteiger charge is 2.15. The Hall–Kier alpha value is -1.62. The molecule has 2 heterocycles. The van der Waals surface area contributed by atoms with Gasteiger partial charge >= 0.3 is 0 Å².